The van der Waals surface area contributed by atoms with Gasteiger partial charge in [0.2, 0.25) is 5.91 Å². The summed E-state index contributed by atoms with van der Waals surface area (Å²) < 4.78 is 22.8. The normalized spacial score (nSPS) is 19.6. The van der Waals surface area contributed by atoms with E-state index in [4.69, 9.17) is 0 Å². The highest BCUT2D eigenvalue weighted by Gasteiger charge is 2.32. The second kappa shape index (κ2) is 6.71. The second-order valence-electron chi connectivity index (χ2n) is 5.38. The zero-order chi connectivity index (χ0) is 16.3. The van der Waals surface area contributed by atoms with Crippen LogP contribution in [0.15, 0.2) is 24.0 Å². The Morgan fingerprint density at radius 2 is 2.26 bits per heavy atom. The Morgan fingerprint density at radius 1 is 1.39 bits per heavy atom. The molecule has 2 aromatic rings. The molecule has 7 nitrogen and oxygen atoms in total. The van der Waals surface area contributed by atoms with Gasteiger partial charge in [-0.1, -0.05) is 0 Å². The lowest BCUT2D eigenvalue weighted by molar-refractivity contribution is -0.124. The van der Waals surface area contributed by atoms with Crippen molar-refractivity contribution in [3.8, 4) is 10.7 Å². The number of nitrogens with one attached hydrogen (secondary N) is 1. The maximum absolute atomic E-state index is 11.9. The van der Waals surface area contributed by atoms with Crippen LogP contribution < -0.4 is 5.32 Å². The van der Waals surface area contributed by atoms with E-state index in [1.807, 2.05) is 5.38 Å². The molecule has 9 heteroatoms. The Bertz CT molecular complexity index is 789. The van der Waals surface area contributed by atoms with Gasteiger partial charge in [-0.2, -0.15) is 0 Å². The maximum atomic E-state index is 11.9. The SMILES string of the molecule is O=C(NCCc1csc(-c2cnccn2)n1)[C@@H]1CCS(=O)(=O)C1. The highest BCUT2D eigenvalue weighted by Crippen LogP contribution is 2.21. The molecule has 0 unspecified atom stereocenters. The number of aromatic nitrogens is 3. The first-order valence-corrected chi connectivity index (χ1v) is 9.92. The molecule has 0 radical (unpaired) electrons. The van der Waals surface area contributed by atoms with Crippen molar-refractivity contribution in [3.05, 3.63) is 29.7 Å². The summed E-state index contributed by atoms with van der Waals surface area (Å²) in [6.45, 7) is 0.443. The highest BCUT2D eigenvalue weighted by atomic mass is 32.2. The van der Waals surface area contributed by atoms with Crippen molar-refractivity contribution in [1.82, 2.24) is 20.3 Å². The fourth-order valence-corrected chi connectivity index (χ4v) is 4.96. The smallest absolute Gasteiger partial charge is 0.224 e. The number of carbonyl (C=O) groups excluding carboxylic acids is 1. The van der Waals surface area contributed by atoms with Crippen molar-refractivity contribution in [2.45, 2.75) is 12.8 Å². The molecule has 3 rings (SSSR count). The Balaban J connectivity index is 1.50. The molecule has 23 heavy (non-hydrogen) atoms. The molecule has 0 aliphatic carbocycles. The van der Waals surface area contributed by atoms with Crippen molar-refractivity contribution in [3.63, 3.8) is 0 Å². The van der Waals surface area contributed by atoms with Crippen molar-refractivity contribution in [1.29, 1.82) is 0 Å². The molecule has 1 fully saturated rings. The summed E-state index contributed by atoms with van der Waals surface area (Å²) in [5, 5.41) is 5.51. The number of amides is 1. The average Bonchev–Trinajstić information content (AvgIpc) is 3.14. The molecular weight excluding hydrogens is 336 g/mol. The molecule has 1 atom stereocenters. The number of sulfone groups is 1. The van der Waals surface area contributed by atoms with E-state index in [1.54, 1.807) is 18.6 Å². The van der Waals surface area contributed by atoms with Crippen molar-refractivity contribution >= 4 is 27.1 Å². The Labute approximate surface area is 138 Å². The molecule has 1 aliphatic heterocycles. The number of rotatable bonds is 5. The van der Waals surface area contributed by atoms with Crippen molar-refractivity contribution < 1.29 is 13.2 Å². The van der Waals surface area contributed by atoms with Gasteiger partial charge in [0.05, 0.1) is 29.3 Å². The monoisotopic (exact) mass is 352 g/mol. The third-order valence-corrected chi connectivity index (χ3v) is 6.30. The van der Waals surface area contributed by atoms with E-state index in [2.05, 4.69) is 20.3 Å². The molecular formula is C14H16N4O3S2. The van der Waals surface area contributed by atoms with E-state index in [1.165, 1.54) is 11.3 Å². The molecule has 1 amide bonds. The van der Waals surface area contributed by atoms with E-state index in [9.17, 15) is 13.2 Å². The van der Waals surface area contributed by atoms with Crippen LogP contribution in [0.1, 0.15) is 12.1 Å². The molecule has 122 valence electrons. The van der Waals surface area contributed by atoms with Crippen LogP contribution in [0.4, 0.5) is 0 Å². The molecule has 1 saturated heterocycles. The maximum Gasteiger partial charge on any atom is 0.224 e. The van der Waals surface area contributed by atoms with Crippen LogP contribution in [-0.4, -0.2) is 47.3 Å². The Hall–Kier alpha value is -1.87. The average molecular weight is 352 g/mol. The van der Waals surface area contributed by atoms with Crippen LogP contribution in [0.3, 0.4) is 0 Å². The molecule has 3 heterocycles. The van der Waals surface area contributed by atoms with Crippen molar-refractivity contribution in [2.75, 3.05) is 18.1 Å². The fourth-order valence-electron chi connectivity index (χ4n) is 2.41. The van der Waals surface area contributed by atoms with Crippen LogP contribution in [0.5, 0.6) is 0 Å². The summed E-state index contributed by atoms with van der Waals surface area (Å²) >= 11 is 1.48. The van der Waals surface area contributed by atoms with Gasteiger partial charge in [0.15, 0.2) is 9.84 Å². The molecule has 0 saturated carbocycles. The molecule has 1 aliphatic rings. The summed E-state index contributed by atoms with van der Waals surface area (Å²) in [5.41, 5.74) is 1.60. The molecule has 0 aromatic carbocycles. The molecule has 0 spiro atoms. The summed E-state index contributed by atoms with van der Waals surface area (Å²) in [6.07, 6.45) is 5.90. The zero-order valence-corrected chi connectivity index (χ0v) is 13.9. The minimum Gasteiger partial charge on any atom is -0.355 e. The van der Waals surface area contributed by atoms with E-state index in [-0.39, 0.29) is 17.4 Å². The van der Waals surface area contributed by atoms with Crippen LogP contribution in [0.2, 0.25) is 0 Å². The van der Waals surface area contributed by atoms with E-state index in [0.717, 1.165) is 16.4 Å². The van der Waals surface area contributed by atoms with Gasteiger partial charge in [-0.05, 0) is 6.42 Å². The van der Waals surface area contributed by atoms with E-state index in [0.29, 0.717) is 19.4 Å². The Morgan fingerprint density at radius 3 is 2.96 bits per heavy atom. The third-order valence-electron chi connectivity index (χ3n) is 3.62. The number of hydrogen-bond acceptors (Lipinski definition) is 7. The topological polar surface area (TPSA) is 102 Å². The first-order chi connectivity index (χ1) is 11.0. The lowest BCUT2D eigenvalue weighted by Gasteiger charge is -2.08. The number of carbonyl (C=O) groups is 1. The van der Waals surface area contributed by atoms with Gasteiger partial charge in [-0.15, -0.1) is 11.3 Å². The Kier molecular flexibility index (Phi) is 4.67. The van der Waals surface area contributed by atoms with Gasteiger partial charge in [-0.25, -0.2) is 13.4 Å². The molecule has 0 bridgehead atoms. The van der Waals surface area contributed by atoms with Gasteiger partial charge in [0, 0.05) is 30.7 Å². The number of thiazole rings is 1. The van der Waals surface area contributed by atoms with Crippen molar-refractivity contribution in [2.24, 2.45) is 5.92 Å². The van der Waals surface area contributed by atoms with Crippen LogP contribution in [0.25, 0.3) is 10.7 Å². The standard InChI is InChI=1S/C14H16N4O3S2/c19-13(10-2-6-23(20,21)9-10)17-3-1-11-8-22-14(18-11)12-7-15-4-5-16-12/h4-5,7-8,10H,1-3,6,9H2,(H,17,19)/t10-/m1/s1. The largest absolute Gasteiger partial charge is 0.355 e. The highest BCUT2D eigenvalue weighted by molar-refractivity contribution is 7.91. The summed E-state index contributed by atoms with van der Waals surface area (Å²) in [6, 6.07) is 0. The number of nitrogens with zero attached hydrogens (tertiary/aromatic N) is 3. The minimum absolute atomic E-state index is 0.0354. The first kappa shape index (κ1) is 16.0. The summed E-state index contributed by atoms with van der Waals surface area (Å²) in [7, 11) is -3.03. The fraction of sp³-hybridized carbons (Fsp3) is 0.429. The van der Waals surface area contributed by atoms with Crippen LogP contribution in [-0.2, 0) is 21.1 Å². The van der Waals surface area contributed by atoms with Gasteiger partial charge < -0.3 is 5.32 Å². The molecule has 2 aromatic heterocycles. The number of hydrogen-bond donors (Lipinski definition) is 1. The lowest BCUT2D eigenvalue weighted by Crippen LogP contribution is -2.32. The summed E-state index contributed by atoms with van der Waals surface area (Å²) in [5.74, 6) is -0.522. The van der Waals surface area contributed by atoms with Gasteiger partial charge in [0.1, 0.15) is 10.7 Å². The molecule has 1 N–H and O–H groups in total. The predicted octanol–water partition coefficient (Wildman–Crippen LogP) is 0.693. The zero-order valence-electron chi connectivity index (χ0n) is 12.3. The van der Waals surface area contributed by atoms with Gasteiger partial charge >= 0.3 is 0 Å². The lowest BCUT2D eigenvalue weighted by atomic mass is 10.1. The first-order valence-electron chi connectivity index (χ1n) is 7.22. The quantitative estimate of drug-likeness (QED) is 0.849. The third kappa shape index (κ3) is 4.11. The van der Waals surface area contributed by atoms with Gasteiger partial charge in [-0.3, -0.25) is 14.8 Å². The van der Waals surface area contributed by atoms with E-state index < -0.39 is 15.8 Å². The predicted molar refractivity (Wildman–Crippen MR) is 86.6 cm³/mol. The second-order valence-corrected chi connectivity index (χ2v) is 8.46. The summed E-state index contributed by atoms with van der Waals surface area (Å²) in [4.78, 5) is 24.6. The van der Waals surface area contributed by atoms with E-state index >= 15 is 0 Å². The van der Waals surface area contributed by atoms with Crippen LogP contribution in [0, 0.1) is 5.92 Å². The minimum atomic E-state index is -3.03. The van der Waals surface area contributed by atoms with Gasteiger partial charge in [0.25, 0.3) is 0 Å². The van der Waals surface area contributed by atoms with Crippen LogP contribution >= 0.6 is 11.3 Å².